The average molecular weight is 274 g/mol. The molecule has 0 radical (unpaired) electrons. The van der Waals surface area contributed by atoms with Crippen molar-refractivity contribution in [2.45, 2.75) is 44.9 Å². The molecule has 1 aliphatic heterocycles. The maximum Gasteiger partial charge on any atom is 0.0896 e. The number of benzene rings is 1. The molecule has 0 spiro atoms. The zero-order valence-corrected chi connectivity index (χ0v) is 12.9. The molecule has 0 bridgehead atoms. The molecular weight excluding hydrogens is 248 g/mol. The van der Waals surface area contributed by atoms with Gasteiger partial charge < -0.3 is 10.1 Å². The Morgan fingerprint density at radius 3 is 2.55 bits per heavy atom. The molecule has 0 aromatic heterocycles. The summed E-state index contributed by atoms with van der Waals surface area (Å²) in [6, 6.07) is 7.82. The van der Waals surface area contributed by atoms with Gasteiger partial charge in [-0.2, -0.15) is 0 Å². The Labute approximate surface area is 122 Å². The fourth-order valence-corrected chi connectivity index (χ4v) is 3.59. The topological polar surface area (TPSA) is 24.5 Å². The van der Waals surface area contributed by atoms with Crippen LogP contribution in [-0.4, -0.2) is 43.8 Å². The van der Waals surface area contributed by atoms with Crippen molar-refractivity contribution in [2.75, 3.05) is 26.7 Å². The largest absolute Gasteiger partial charge is 0.374 e. The van der Waals surface area contributed by atoms with Gasteiger partial charge >= 0.3 is 0 Å². The van der Waals surface area contributed by atoms with E-state index in [4.69, 9.17) is 4.74 Å². The molecule has 2 atom stereocenters. The highest BCUT2D eigenvalue weighted by atomic mass is 16.5. The molecule has 1 aliphatic carbocycles. The van der Waals surface area contributed by atoms with Crippen LogP contribution in [0.5, 0.6) is 0 Å². The van der Waals surface area contributed by atoms with Crippen molar-refractivity contribution in [3.63, 3.8) is 0 Å². The number of rotatable bonds is 4. The lowest BCUT2D eigenvalue weighted by Crippen LogP contribution is -2.50. The fraction of sp³-hybridized carbons (Fsp3) is 0.647. The van der Waals surface area contributed by atoms with Crippen LogP contribution in [0.2, 0.25) is 0 Å². The molecule has 0 amide bonds. The van der Waals surface area contributed by atoms with E-state index in [-0.39, 0.29) is 6.10 Å². The predicted octanol–water partition coefficient (Wildman–Crippen LogP) is 2.43. The lowest BCUT2D eigenvalue weighted by atomic mass is 9.90. The quantitative estimate of drug-likeness (QED) is 0.912. The molecule has 1 heterocycles. The Morgan fingerprint density at radius 2 is 1.95 bits per heavy atom. The minimum Gasteiger partial charge on any atom is -0.374 e. The van der Waals surface area contributed by atoms with Gasteiger partial charge in [0.2, 0.25) is 0 Å². The third-order valence-electron chi connectivity index (χ3n) is 4.65. The van der Waals surface area contributed by atoms with Gasteiger partial charge in [0.15, 0.2) is 0 Å². The van der Waals surface area contributed by atoms with Crippen molar-refractivity contribution < 1.29 is 4.74 Å². The van der Waals surface area contributed by atoms with Crippen LogP contribution in [0.1, 0.15) is 35.6 Å². The maximum absolute atomic E-state index is 6.10. The monoisotopic (exact) mass is 274 g/mol. The minimum atomic E-state index is 0.258. The highest BCUT2D eigenvalue weighted by Crippen LogP contribution is 2.40. The third kappa shape index (κ3) is 2.62. The minimum absolute atomic E-state index is 0.258. The van der Waals surface area contributed by atoms with E-state index < -0.39 is 0 Å². The summed E-state index contributed by atoms with van der Waals surface area (Å²) in [7, 11) is 2.02. The molecule has 3 nitrogen and oxygen atoms in total. The summed E-state index contributed by atoms with van der Waals surface area (Å²) in [4.78, 5) is 2.70. The summed E-state index contributed by atoms with van der Waals surface area (Å²) in [5, 5.41) is 3.30. The van der Waals surface area contributed by atoms with E-state index in [2.05, 4.69) is 42.3 Å². The Hall–Kier alpha value is -0.900. The summed E-state index contributed by atoms with van der Waals surface area (Å²) in [5.74, 6) is 0. The first-order valence-corrected chi connectivity index (χ1v) is 7.80. The number of nitrogens with one attached hydrogen (secondary N) is 1. The van der Waals surface area contributed by atoms with Crippen LogP contribution < -0.4 is 5.32 Å². The summed E-state index contributed by atoms with van der Waals surface area (Å²) in [6.07, 6.45) is 2.97. The highest BCUT2D eigenvalue weighted by molar-refractivity contribution is 5.37. The lowest BCUT2D eigenvalue weighted by Gasteiger charge is -2.43. The number of likely N-dealkylation sites (N-methyl/N-ethyl adjacent to an activating group) is 1. The van der Waals surface area contributed by atoms with Crippen LogP contribution in [0.3, 0.4) is 0 Å². The second-order valence-electron chi connectivity index (χ2n) is 6.19. The summed E-state index contributed by atoms with van der Waals surface area (Å²) in [5.41, 5.74) is 4.28. The molecular formula is C17H26N2O. The number of ether oxygens (including phenoxy) is 1. The van der Waals surface area contributed by atoms with Crippen LogP contribution in [0, 0.1) is 13.8 Å². The van der Waals surface area contributed by atoms with Gasteiger partial charge in [-0.1, -0.05) is 18.2 Å². The molecule has 1 aromatic carbocycles. The van der Waals surface area contributed by atoms with Gasteiger partial charge in [0.1, 0.15) is 0 Å². The van der Waals surface area contributed by atoms with Crippen LogP contribution in [-0.2, 0) is 4.74 Å². The molecule has 20 heavy (non-hydrogen) atoms. The molecule has 2 fully saturated rings. The van der Waals surface area contributed by atoms with Gasteiger partial charge in [0.05, 0.1) is 18.8 Å². The van der Waals surface area contributed by atoms with E-state index in [1.54, 1.807) is 0 Å². The maximum atomic E-state index is 6.10. The van der Waals surface area contributed by atoms with Crippen molar-refractivity contribution in [1.29, 1.82) is 0 Å². The number of nitrogens with zero attached hydrogens (tertiary/aromatic N) is 1. The Kier molecular flexibility index (Phi) is 4.11. The van der Waals surface area contributed by atoms with E-state index >= 15 is 0 Å². The van der Waals surface area contributed by atoms with Crippen molar-refractivity contribution in [3.8, 4) is 0 Å². The van der Waals surface area contributed by atoms with Crippen molar-refractivity contribution >= 4 is 0 Å². The van der Waals surface area contributed by atoms with E-state index in [1.807, 2.05) is 7.05 Å². The molecule has 1 saturated carbocycles. The second kappa shape index (κ2) is 5.84. The highest BCUT2D eigenvalue weighted by Gasteiger charge is 2.41. The summed E-state index contributed by atoms with van der Waals surface area (Å²) >= 11 is 0. The smallest absolute Gasteiger partial charge is 0.0896 e. The van der Waals surface area contributed by atoms with E-state index in [0.717, 1.165) is 25.7 Å². The average Bonchev–Trinajstić information content (AvgIpc) is 3.24. The van der Waals surface area contributed by atoms with Gasteiger partial charge in [-0.3, -0.25) is 4.90 Å². The van der Waals surface area contributed by atoms with Gasteiger partial charge in [-0.15, -0.1) is 0 Å². The van der Waals surface area contributed by atoms with E-state index in [0.29, 0.717) is 6.04 Å². The molecule has 2 aliphatic rings. The molecule has 1 aromatic rings. The van der Waals surface area contributed by atoms with Gasteiger partial charge in [0.25, 0.3) is 0 Å². The third-order valence-corrected chi connectivity index (χ3v) is 4.65. The normalized spacial score (nSPS) is 27.8. The van der Waals surface area contributed by atoms with Gasteiger partial charge in [-0.25, -0.2) is 0 Å². The first-order valence-electron chi connectivity index (χ1n) is 7.80. The fourth-order valence-electron chi connectivity index (χ4n) is 3.59. The summed E-state index contributed by atoms with van der Waals surface area (Å²) in [6.45, 7) is 7.33. The van der Waals surface area contributed by atoms with Crippen molar-refractivity contribution in [3.05, 3.63) is 34.9 Å². The zero-order valence-electron chi connectivity index (χ0n) is 12.9. The molecule has 1 saturated heterocycles. The van der Waals surface area contributed by atoms with Gasteiger partial charge in [-0.05, 0) is 50.4 Å². The van der Waals surface area contributed by atoms with Crippen LogP contribution in [0.25, 0.3) is 0 Å². The first kappa shape index (κ1) is 14.1. The standard InChI is InChI=1S/C17H26N2O/c1-12-5-4-6-13(2)16(12)17-15(11-18-3)20-10-9-19(17)14-7-8-14/h4-6,14-15,17-18H,7-11H2,1-3H3. The SMILES string of the molecule is CNCC1OCCN(C2CC2)C1c1c(C)cccc1C. The number of hydrogen-bond donors (Lipinski definition) is 1. The Morgan fingerprint density at radius 1 is 1.25 bits per heavy atom. The lowest BCUT2D eigenvalue weighted by molar-refractivity contribution is -0.0743. The molecule has 3 heteroatoms. The van der Waals surface area contributed by atoms with Crippen LogP contribution in [0.4, 0.5) is 0 Å². The van der Waals surface area contributed by atoms with Crippen molar-refractivity contribution in [2.24, 2.45) is 0 Å². The van der Waals surface area contributed by atoms with Crippen molar-refractivity contribution in [1.82, 2.24) is 10.2 Å². The second-order valence-corrected chi connectivity index (χ2v) is 6.19. The number of aryl methyl sites for hydroxylation is 2. The van der Waals surface area contributed by atoms with Crippen LogP contribution >= 0.6 is 0 Å². The number of morpholine rings is 1. The van der Waals surface area contributed by atoms with E-state index in [9.17, 15) is 0 Å². The molecule has 110 valence electrons. The van der Waals surface area contributed by atoms with E-state index in [1.165, 1.54) is 29.5 Å². The summed E-state index contributed by atoms with van der Waals surface area (Å²) < 4.78 is 6.10. The molecule has 3 rings (SSSR count). The zero-order chi connectivity index (χ0) is 14.1. The molecule has 1 N–H and O–H groups in total. The number of hydrogen-bond acceptors (Lipinski definition) is 3. The van der Waals surface area contributed by atoms with Crippen LogP contribution in [0.15, 0.2) is 18.2 Å². The van der Waals surface area contributed by atoms with Gasteiger partial charge in [0, 0.05) is 19.1 Å². The predicted molar refractivity (Wildman–Crippen MR) is 82.1 cm³/mol. The Bertz CT molecular complexity index is 448. The Balaban J connectivity index is 1.98. The molecule has 2 unspecified atom stereocenters. The first-order chi connectivity index (χ1) is 9.72.